The van der Waals surface area contributed by atoms with Gasteiger partial charge in [-0.3, -0.25) is 9.69 Å². The summed E-state index contributed by atoms with van der Waals surface area (Å²) in [5, 5.41) is 0.761. The van der Waals surface area contributed by atoms with E-state index in [2.05, 4.69) is 52.0 Å². The van der Waals surface area contributed by atoms with Crippen molar-refractivity contribution < 1.29 is 4.79 Å². The van der Waals surface area contributed by atoms with E-state index in [4.69, 9.17) is 11.6 Å². The number of benzene rings is 2. The molecule has 0 radical (unpaired) electrons. The lowest BCUT2D eigenvalue weighted by molar-refractivity contribution is -0.137. The first-order valence-electron chi connectivity index (χ1n) is 10.7. The van der Waals surface area contributed by atoms with Gasteiger partial charge in [0.1, 0.15) is 0 Å². The van der Waals surface area contributed by atoms with E-state index in [9.17, 15) is 4.79 Å². The SMILES string of the molecule is Cc1ccccc1CN1CCCC(C(=O)N2CCN(c3cccc(Cl)c3)CC2)C1. The lowest BCUT2D eigenvalue weighted by Gasteiger charge is -2.40. The van der Waals surface area contributed by atoms with Gasteiger partial charge in [-0.05, 0) is 55.6 Å². The fraction of sp³-hybridized carbons (Fsp3) is 0.458. The zero-order valence-corrected chi connectivity index (χ0v) is 17.9. The molecule has 0 N–H and O–H groups in total. The molecule has 1 unspecified atom stereocenters. The van der Waals surface area contributed by atoms with Crippen LogP contribution in [0.2, 0.25) is 5.02 Å². The molecule has 2 aliphatic heterocycles. The van der Waals surface area contributed by atoms with Crippen LogP contribution in [0, 0.1) is 12.8 Å². The Hall–Kier alpha value is -2.04. The Morgan fingerprint density at radius 1 is 1.03 bits per heavy atom. The van der Waals surface area contributed by atoms with Crippen LogP contribution in [0.1, 0.15) is 24.0 Å². The van der Waals surface area contributed by atoms with Crippen LogP contribution in [0.3, 0.4) is 0 Å². The predicted molar refractivity (Wildman–Crippen MR) is 119 cm³/mol. The minimum atomic E-state index is 0.130. The minimum absolute atomic E-state index is 0.130. The molecule has 2 aromatic carbocycles. The largest absolute Gasteiger partial charge is 0.368 e. The molecule has 5 heteroatoms. The maximum absolute atomic E-state index is 13.2. The van der Waals surface area contributed by atoms with E-state index in [0.29, 0.717) is 5.91 Å². The van der Waals surface area contributed by atoms with Crippen LogP contribution in [0.5, 0.6) is 0 Å². The van der Waals surface area contributed by atoms with Crippen molar-refractivity contribution in [2.24, 2.45) is 5.92 Å². The number of piperazine rings is 1. The van der Waals surface area contributed by atoms with E-state index in [1.54, 1.807) is 0 Å². The van der Waals surface area contributed by atoms with Gasteiger partial charge >= 0.3 is 0 Å². The molecular formula is C24H30ClN3O. The fourth-order valence-corrected chi connectivity index (χ4v) is 4.73. The van der Waals surface area contributed by atoms with Crippen LogP contribution in [-0.4, -0.2) is 55.0 Å². The van der Waals surface area contributed by atoms with Crippen molar-refractivity contribution in [3.63, 3.8) is 0 Å². The van der Waals surface area contributed by atoms with Crippen LogP contribution in [-0.2, 0) is 11.3 Å². The standard InChI is InChI=1S/C24H30ClN3O/c1-19-6-2-3-7-20(19)17-26-11-5-8-21(18-26)24(29)28-14-12-27(13-15-28)23-10-4-9-22(25)16-23/h2-4,6-7,9-10,16,21H,5,8,11-15,17-18H2,1H3. The highest BCUT2D eigenvalue weighted by molar-refractivity contribution is 6.30. The van der Waals surface area contributed by atoms with Crippen molar-refractivity contribution >= 4 is 23.2 Å². The highest BCUT2D eigenvalue weighted by atomic mass is 35.5. The van der Waals surface area contributed by atoms with Gasteiger partial charge in [0.05, 0.1) is 5.92 Å². The van der Waals surface area contributed by atoms with Crippen molar-refractivity contribution in [2.45, 2.75) is 26.3 Å². The van der Waals surface area contributed by atoms with Crippen molar-refractivity contribution in [3.8, 4) is 0 Å². The molecule has 0 aromatic heterocycles. The van der Waals surface area contributed by atoms with Gasteiger partial charge in [-0.25, -0.2) is 0 Å². The number of hydrogen-bond donors (Lipinski definition) is 0. The lowest BCUT2D eigenvalue weighted by atomic mass is 9.95. The van der Waals surface area contributed by atoms with E-state index in [-0.39, 0.29) is 5.92 Å². The van der Waals surface area contributed by atoms with Gasteiger partial charge in [-0.1, -0.05) is 41.9 Å². The number of carbonyl (C=O) groups is 1. The van der Waals surface area contributed by atoms with Gasteiger partial charge in [-0.15, -0.1) is 0 Å². The Balaban J connectivity index is 1.32. The average molecular weight is 412 g/mol. The minimum Gasteiger partial charge on any atom is -0.368 e. The van der Waals surface area contributed by atoms with E-state index in [1.807, 2.05) is 18.2 Å². The maximum atomic E-state index is 13.2. The molecule has 2 fully saturated rings. The third kappa shape index (κ3) is 4.93. The summed E-state index contributed by atoms with van der Waals surface area (Å²) in [5.41, 5.74) is 3.85. The zero-order chi connectivity index (χ0) is 20.2. The van der Waals surface area contributed by atoms with Crippen molar-refractivity contribution in [1.82, 2.24) is 9.80 Å². The second-order valence-corrected chi connectivity index (χ2v) is 8.73. The summed E-state index contributed by atoms with van der Waals surface area (Å²) in [6.07, 6.45) is 2.11. The van der Waals surface area contributed by atoms with Crippen LogP contribution < -0.4 is 4.90 Å². The first kappa shape index (κ1) is 20.2. The zero-order valence-electron chi connectivity index (χ0n) is 17.2. The summed E-state index contributed by atoms with van der Waals surface area (Å²) in [7, 11) is 0. The topological polar surface area (TPSA) is 26.8 Å². The van der Waals surface area contributed by atoms with Crippen molar-refractivity contribution in [1.29, 1.82) is 0 Å². The van der Waals surface area contributed by atoms with E-state index in [1.165, 1.54) is 11.1 Å². The number of anilines is 1. The lowest BCUT2D eigenvalue weighted by Crippen LogP contribution is -2.52. The van der Waals surface area contributed by atoms with Crippen LogP contribution in [0.4, 0.5) is 5.69 Å². The Kier molecular flexibility index (Phi) is 6.41. The molecule has 1 atom stereocenters. The number of likely N-dealkylation sites (tertiary alicyclic amines) is 1. The van der Waals surface area contributed by atoms with Crippen molar-refractivity contribution in [2.75, 3.05) is 44.2 Å². The molecule has 2 aliphatic rings. The number of piperidine rings is 1. The fourth-order valence-electron chi connectivity index (χ4n) is 4.55. The van der Waals surface area contributed by atoms with Crippen molar-refractivity contribution in [3.05, 3.63) is 64.7 Å². The average Bonchev–Trinajstić information content (AvgIpc) is 2.75. The molecular weight excluding hydrogens is 382 g/mol. The van der Waals surface area contributed by atoms with E-state index < -0.39 is 0 Å². The Morgan fingerprint density at radius 3 is 2.59 bits per heavy atom. The van der Waals surface area contributed by atoms with Gasteiger partial charge < -0.3 is 9.80 Å². The summed E-state index contributed by atoms with van der Waals surface area (Å²) in [5.74, 6) is 0.468. The third-order valence-electron chi connectivity index (χ3n) is 6.27. The molecule has 2 heterocycles. The molecule has 29 heavy (non-hydrogen) atoms. The van der Waals surface area contributed by atoms with E-state index in [0.717, 1.165) is 69.4 Å². The molecule has 2 saturated heterocycles. The molecule has 0 spiro atoms. The van der Waals surface area contributed by atoms with E-state index >= 15 is 0 Å². The predicted octanol–water partition coefficient (Wildman–Crippen LogP) is 4.21. The summed E-state index contributed by atoms with van der Waals surface area (Å²) in [4.78, 5) is 20.0. The molecule has 0 aliphatic carbocycles. The molecule has 0 bridgehead atoms. The van der Waals surface area contributed by atoms with Gasteiger partial charge in [0.15, 0.2) is 0 Å². The number of rotatable bonds is 4. The molecule has 4 nitrogen and oxygen atoms in total. The quantitative estimate of drug-likeness (QED) is 0.754. The number of aryl methyl sites for hydroxylation is 1. The number of nitrogens with zero attached hydrogens (tertiary/aromatic N) is 3. The first-order valence-corrected chi connectivity index (χ1v) is 11.0. The maximum Gasteiger partial charge on any atom is 0.227 e. The van der Waals surface area contributed by atoms with Gasteiger partial charge in [0.25, 0.3) is 0 Å². The Labute approximate surface area is 179 Å². The Bertz CT molecular complexity index is 848. The summed E-state index contributed by atoms with van der Waals surface area (Å²) >= 11 is 6.13. The summed E-state index contributed by atoms with van der Waals surface area (Å²) in [6, 6.07) is 16.5. The Morgan fingerprint density at radius 2 is 1.83 bits per heavy atom. The molecule has 2 aromatic rings. The van der Waals surface area contributed by atoms with Crippen LogP contribution in [0.25, 0.3) is 0 Å². The smallest absolute Gasteiger partial charge is 0.227 e. The third-order valence-corrected chi connectivity index (χ3v) is 6.51. The highest BCUT2D eigenvalue weighted by Crippen LogP contribution is 2.24. The number of halogens is 1. The number of carbonyl (C=O) groups excluding carboxylic acids is 1. The molecule has 1 amide bonds. The van der Waals surface area contributed by atoms with Gasteiger partial charge in [0, 0.05) is 50.0 Å². The second kappa shape index (κ2) is 9.19. The highest BCUT2D eigenvalue weighted by Gasteiger charge is 2.31. The van der Waals surface area contributed by atoms with Gasteiger partial charge in [-0.2, -0.15) is 0 Å². The number of hydrogen-bond acceptors (Lipinski definition) is 3. The molecule has 0 saturated carbocycles. The molecule has 154 valence electrons. The molecule has 4 rings (SSSR count). The summed E-state index contributed by atoms with van der Waals surface area (Å²) < 4.78 is 0. The first-order chi connectivity index (χ1) is 14.1. The van der Waals surface area contributed by atoms with Gasteiger partial charge in [0.2, 0.25) is 5.91 Å². The number of amides is 1. The summed E-state index contributed by atoms with van der Waals surface area (Å²) in [6.45, 7) is 8.39. The normalized spacial score (nSPS) is 20.7. The second-order valence-electron chi connectivity index (χ2n) is 8.29. The van der Waals surface area contributed by atoms with Crippen LogP contribution in [0.15, 0.2) is 48.5 Å². The van der Waals surface area contributed by atoms with Crippen LogP contribution >= 0.6 is 11.6 Å². The monoisotopic (exact) mass is 411 g/mol.